The van der Waals surface area contributed by atoms with Gasteiger partial charge in [0.2, 0.25) is 0 Å². The van der Waals surface area contributed by atoms with Gasteiger partial charge in [-0.05, 0) is 42.8 Å². The molecule has 4 rings (SSSR count). The molecule has 1 fully saturated rings. The van der Waals surface area contributed by atoms with Crippen LogP contribution in [0.4, 0.5) is 13.6 Å². The minimum atomic E-state index is -1.79. The molecule has 30 heavy (non-hydrogen) atoms. The minimum absolute atomic E-state index is 0.225. The number of fused-ring (bicyclic) bond motifs is 1. The molecule has 0 radical (unpaired) electrons. The Labute approximate surface area is 168 Å². The van der Waals surface area contributed by atoms with Crippen molar-refractivity contribution in [2.24, 2.45) is 0 Å². The van der Waals surface area contributed by atoms with Crippen LogP contribution in [0.25, 0.3) is 11.0 Å². The van der Waals surface area contributed by atoms with Crippen molar-refractivity contribution in [3.63, 3.8) is 0 Å². The summed E-state index contributed by atoms with van der Waals surface area (Å²) < 4.78 is 38.2. The summed E-state index contributed by atoms with van der Waals surface area (Å²) in [4.78, 5) is 38.4. The fourth-order valence-electron chi connectivity index (χ4n) is 3.54. The van der Waals surface area contributed by atoms with E-state index in [2.05, 4.69) is 5.32 Å². The lowest BCUT2D eigenvalue weighted by Crippen LogP contribution is -2.41. The van der Waals surface area contributed by atoms with Gasteiger partial charge in [-0.15, -0.1) is 0 Å². The molecular weight excluding hydrogens is 398 g/mol. The molecule has 1 saturated heterocycles. The summed E-state index contributed by atoms with van der Waals surface area (Å²) in [7, 11) is 1.46. The molecule has 2 heterocycles. The van der Waals surface area contributed by atoms with Crippen molar-refractivity contribution >= 4 is 22.9 Å². The topological polar surface area (TPSA) is 88.9 Å². The number of halogens is 2. The molecular formula is C21H16F2N2O5. The Kier molecular flexibility index (Phi) is 4.53. The van der Waals surface area contributed by atoms with Gasteiger partial charge in [-0.1, -0.05) is 0 Å². The first-order valence-corrected chi connectivity index (χ1v) is 8.93. The van der Waals surface area contributed by atoms with E-state index in [-0.39, 0.29) is 17.7 Å². The number of imide groups is 1. The van der Waals surface area contributed by atoms with Crippen molar-refractivity contribution in [1.29, 1.82) is 0 Å². The van der Waals surface area contributed by atoms with Crippen LogP contribution in [-0.2, 0) is 16.9 Å². The molecule has 1 N–H and O–H groups in total. The van der Waals surface area contributed by atoms with Gasteiger partial charge in [0, 0.05) is 23.1 Å². The predicted octanol–water partition coefficient (Wildman–Crippen LogP) is 3.05. The molecule has 9 heteroatoms. The highest BCUT2D eigenvalue weighted by Crippen LogP contribution is 2.33. The number of ether oxygens (including phenoxy) is 1. The van der Waals surface area contributed by atoms with Crippen LogP contribution in [0, 0.1) is 11.6 Å². The molecule has 0 unspecified atom stereocenters. The number of benzene rings is 2. The SMILES string of the molecule is COc1ccc2c(CN3C(=O)N[C@@](C)(c4cc(F)ccc4F)C3=O)cc(=O)oc2c1. The van der Waals surface area contributed by atoms with Crippen LogP contribution in [0.2, 0.25) is 0 Å². The van der Waals surface area contributed by atoms with Crippen LogP contribution >= 0.6 is 0 Å². The van der Waals surface area contributed by atoms with E-state index in [9.17, 15) is 23.2 Å². The normalized spacial score (nSPS) is 18.7. The Morgan fingerprint density at radius 2 is 1.87 bits per heavy atom. The van der Waals surface area contributed by atoms with E-state index in [1.807, 2.05) is 0 Å². The average molecular weight is 414 g/mol. The largest absolute Gasteiger partial charge is 0.497 e. The van der Waals surface area contributed by atoms with E-state index in [0.717, 1.165) is 23.1 Å². The third-order valence-electron chi connectivity index (χ3n) is 5.11. The van der Waals surface area contributed by atoms with Crippen LogP contribution in [0.5, 0.6) is 5.75 Å². The molecule has 0 bridgehead atoms. The van der Waals surface area contributed by atoms with Crippen LogP contribution in [0.3, 0.4) is 0 Å². The number of nitrogens with one attached hydrogen (secondary N) is 1. The Morgan fingerprint density at radius 3 is 2.60 bits per heavy atom. The molecule has 0 aliphatic carbocycles. The highest BCUT2D eigenvalue weighted by atomic mass is 19.1. The Bertz CT molecular complexity index is 1260. The van der Waals surface area contributed by atoms with Crippen LogP contribution in [0.15, 0.2) is 51.7 Å². The number of carbonyl (C=O) groups is 2. The van der Waals surface area contributed by atoms with E-state index < -0.39 is 34.7 Å². The highest BCUT2D eigenvalue weighted by Gasteiger charge is 2.50. The van der Waals surface area contributed by atoms with Crippen molar-refractivity contribution in [1.82, 2.24) is 10.2 Å². The number of amides is 3. The third kappa shape index (κ3) is 3.08. The minimum Gasteiger partial charge on any atom is -0.497 e. The summed E-state index contributed by atoms with van der Waals surface area (Å²) in [5, 5.41) is 2.93. The molecule has 7 nitrogen and oxygen atoms in total. The zero-order chi connectivity index (χ0) is 21.6. The summed E-state index contributed by atoms with van der Waals surface area (Å²) in [6.45, 7) is 1.04. The van der Waals surface area contributed by atoms with Gasteiger partial charge < -0.3 is 14.5 Å². The molecule has 0 spiro atoms. The van der Waals surface area contributed by atoms with Gasteiger partial charge in [0.1, 0.15) is 28.5 Å². The first-order valence-electron chi connectivity index (χ1n) is 8.93. The Hall–Kier alpha value is -3.75. The zero-order valence-corrected chi connectivity index (χ0v) is 16.0. The van der Waals surface area contributed by atoms with E-state index in [4.69, 9.17) is 9.15 Å². The number of hydrogen-bond acceptors (Lipinski definition) is 5. The van der Waals surface area contributed by atoms with Crippen molar-refractivity contribution in [2.45, 2.75) is 19.0 Å². The summed E-state index contributed by atoms with van der Waals surface area (Å²) in [6, 6.07) is 7.86. The third-order valence-corrected chi connectivity index (χ3v) is 5.11. The second kappa shape index (κ2) is 6.94. The number of nitrogens with zero attached hydrogens (tertiary/aromatic N) is 1. The van der Waals surface area contributed by atoms with Crippen molar-refractivity contribution in [2.75, 3.05) is 7.11 Å². The molecule has 0 saturated carbocycles. The molecule has 2 aromatic carbocycles. The van der Waals surface area contributed by atoms with Gasteiger partial charge >= 0.3 is 11.7 Å². The van der Waals surface area contributed by atoms with Crippen LogP contribution in [-0.4, -0.2) is 23.9 Å². The van der Waals surface area contributed by atoms with Crippen molar-refractivity contribution in [3.05, 3.63) is 75.6 Å². The van der Waals surface area contributed by atoms with Gasteiger partial charge in [0.25, 0.3) is 5.91 Å². The second-order valence-electron chi connectivity index (χ2n) is 7.02. The maximum Gasteiger partial charge on any atom is 0.336 e. The summed E-state index contributed by atoms with van der Waals surface area (Å²) in [5.41, 5.74) is -2.16. The predicted molar refractivity (Wildman–Crippen MR) is 102 cm³/mol. The van der Waals surface area contributed by atoms with Crippen LogP contribution in [0.1, 0.15) is 18.1 Å². The lowest BCUT2D eigenvalue weighted by atomic mass is 9.91. The Morgan fingerprint density at radius 1 is 1.10 bits per heavy atom. The van der Waals surface area contributed by atoms with E-state index in [1.165, 1.54) is 26.2 Å². The highest BCUT2D eigenvalue weighted by molar-refractivity contribution is 6.07. The maximum atomic E-state index is 14.3. The monoisotopic (exact) mass is 414 g/mol. The standard InChI is InChI=1S/C21H16F2N2O5/c1-21(15-8-12(22)3-6-16(15)23)19(27)25(20(28)24-21)10-11-7-18(26)30-17-9-13(29-2)4-5-14(11)17/h3-9H,10H2,1-2H3,(H,24,28)/t21-/m0/s1. The first kappa shape index (κ1) is 19.6. The van der Waals surface area contributed by atoms with E-state index in [0.29, 0.717) is 16.7 Å². The van der Waals surface area contributed by atoms with Gasteiger partial charge in [-0.25, -0.2) is 18.4 Å². The van der Waals surface area contributed by atoms with Crippen molar-refractivity contribution in [3.8, 4) is 5.75 Å². The molecule has 3 aromatic rings. The van der Waals surface area contributed by atoms with Crippen molar-refractivity contribution < 1.29 is 27.5 Å². The summed E-state index contributed by atoms with van der Waals surface area (Å²) in [5.74, 6) is -1.88. The molecule has 1 atom stereocenters. The van der Waals surface area contributed by atoms with E-state index in [1.54, 1.807) is 12.1 Å². The number of rotatable bonds is 4. The lowest BCUT2D eigenvalue weighted by Gasteiger charge is -2.23. The number of urea groups is 1. The number of methoxy groups -OCH3 is 1. The summed E-state index contributed by atoms with van der Waals surface area (Å²) >= 11 is 0. The molecule has 1 aliphatic rings. The van der Waals surface area contributed by atoms with Gasteiger partial charge in [0.05, 0.1) is 13.7 Å². The lowest BCUT2D eigenvalue weighted by molar-refractivity contribution is -0.131. The first-order chi connectivity index (χ1) is 14.2. The molecule has 1 aliphatic heterocycles. The smallest absolute Gasteiger partial charge is 0.336 e. The zero-order valence-electron chi connectivity index (χ0n) is 16.0. The number of hydrogen-bond donors (Lipinski definition) is 1. The van der Waals surface area contributed by atoms with Gasteiger partial charge in [-0.2, -0.15) is 0 Å². The summed E-state index contributed by atoms with van der Waals surface area (Å²) in [6.07, 6.45) is 0. The van der Waals surface area contributed by atoms with E-state index >= 15 is 0 Å². The molecule has 154 valence electrons. The van der Waals surface area contributed by atoms with Gasteiger partial charge in [-0.3, -0.25) is 9.69 Å². The van der Waals surface area contributed by atoms with Gasteiger partial charge in [0.15, 0.2) is 0 Å². The molecule has 1 aromatic heterocycles. The number of carbonyl (C=O) groups excluding carboxylic acids is 2. The second-order valence-corrected chi connectivity index (χ2v) is 7.02. The average Bonchev–Trinajstić information content (AvgIpc) is 2.92. The fourth-order valence-corrected chi connectivity index (χ4v) is 3.54. The van der Waals surface area contributed by atoms with Crippen LogP contribution < -0.4 is 15.7 Å². The quantitative estimate of drug-likeness (QED) is 0.524. The molecule has 3 amide bonds. The Balaban J connectivity index is 1.74. The maximum absolute atomic E-state index is 14.3. The fraction of sp³-hybridized carbons (Fsp3) is 0.190.